The first-order valence-corrected chi connectivity index (χ1v) is 12.4. The number of carbonyl (C=O) groups is 1. The number of carbonyl (C=O) groups excluding carboxylic acids is 1. The topological polar surface area (TPSA) is 66.1 Å². The second-order valence-electron chi connectivity index (χ2n) is 8.32. The smallest absolute Gasteiger partial charge is 0.259 e. The number of nitrogens with one attached hydrogen (secondary N) is 1. The minimum absolute atomic E-state index is 0.0136. The number of aromatic amines is 1. The zero-order chi connectivity index (χ0) is 19.7. The van der Waals surface area contributed by atoms with Gasteiger partial charge in [0.05, 0.1) is 16.9 Å². The van der Waals surface area contributed by atoms with Gasteiger partial charge in [-0.15, -0.1) is 23.1 Å². The van der Waals surface area contributed by atoms with E-state index >= 15 is 0 Å². The Labute approximate surface area is 174 Å². The van der Waals surface area contributed by atoms with E-state index in [2.05, 4.69) is 18.8 Å². The monoisotopic (exact) mass is 419 g/mol. The van der Waals surface area contributed by atoms with Crippen LogP contribution in [-0.4, -0.2) is 39.6 Å². The molecule has 5 nitrogen and oxygen atoms in total. The van der Waals surface area contributed by atoms with Crippen LogP contribution >= 0.6 is 23.1 Å². The molecule has 1 saturated carbocycles. The van der Waals surface area contributed by atoms with E-state index in [4.69, 9.17) is 4.98 Å². The van der Waals surface area contributed by atoms with Crippen LogP contribution < -0.4 is 5.56 Å². The maximum Gasteiger partial charge on any atom is 0.259 e. The zero-order valence-corrected chi connectivity index (χ0v) is 18.4. The minimum atomic E-state index is -0.0136. The van der Waals surface area contributed by atoms with Crippen LogP contribution in [0.5, 0.6) is 0 Å². The van der Waals surface area contributed by atoms with Gasteiger partial charge in [-0.3, -0.25) is 9.59 Å². The lowest BCUT2D eigenvalue weighted by molar-refractivity contribution is -0.128. The second-order valence-corrected chi connectivity index (χ2v) is 10.4. The molecule has 2 aliphatic rings. The summed E-state index contributed by atoms with van der Waals surface area (Å²) in [7, 11) is 0. The summed E-state index contributed by atoms with van der Waals surface area (Å²) in [5.74, 6) is 3.32. The van der Waals surface area contributed by atoms with E-state index in [9.17, 15) is 9.59 Å². The molecule has 0 unspecified atom stereocenters. The average molecular weight is 420 g/mol. The van der Waals surface area contributed by atoms with E-state index < -0.39 is 0 Å². The highest BCUT2D eigenvalue weighted by atomic mass is 32.2. The third kappa shape index (κ3) is 4.46. The van der Waals surface area contributed by atoms with Crippen LogP contribution in [0.2, 0.25) is 0 Å². The fourth-order valence-corrected chi connectivity index (χ4v) is 6.18. The number of aromatic nitrogens is 2. The van der Waals surface area contributed by atoms with Gasteiger partial charge in [0, 0.05) is 18.0 Å². The van der Waals surface area contributed by atoms with Gasteiger partial charge in [-0.25, -0.2) is 4.98 Å². The summed E-state index contributed by atoms with van der Waals surface area (Å²) in [4.78, 5) is 37.1. The Bertz CT molecular complexity index is 916. The lowest BCUT2D eigenvalue weighted by Crippen LogP contribution is -2.35. The predicted octanol–water partition coefficient (Wildman–Crippen LogP) is 3.99. The van der Waals surface area contributed by atoms with Gasteiger partial charge in [-0.1, -0.05) is 13.8 Å². The Hall–Kier alpha value is -1.34. The number of rotatable bonds is 8. The van der Waals surface area contributed by atoms with Crippen molar-refractivity contribution >= 4 is 39.2 Å². The van der Waals surface area contributed by atoms with Crippen LogP contribution in [0.15, 0.2) is 4.79 Å². The molecule has 2 aromatic rings. The number of H-pyrrole nitrogens is 1. The molecule has 2 aliphatic carbocycles. The summed E-state index contributed by atoms with van der Waals surface area (Å²) in [6, 6.07) is 0. The van der Waals surface area contributed by atoms with E-state index in [1.165, 1.54) is 23.3 Å². The summed E-state index contributed by atoms with van der Waals surface area (Å²) in [6.45, 7) is 6.14. The molecule has 2 aromatic heterocycles. The van der Waals surface area contributed by atoms with Crippen LogP contribution in [0.4, 0.5) is 0 Å². The van der Waals surface area contributed by atoms with Crippen molar-refractivity contribution in [2.24, 2.45) is 11.8 Å². The van der Waals surface area contributed by atoms with E-state index in [1.54, 1.807) is 23.1 Å². The van der Waals surface area contributed by atoms with E-state index in [1.807, 2.05) is 4.90 Å². The number of aryl methyl sites for hydroxylation is 1. The van der Waals surface area contributed by atoms with Gasteiger partial charge in [0.2, 0.25) is 5.91 Å². The Morgan fingerprint density at radius 3 is 2.93 bits per heavy atom. The van der Waals surface area contributed by atoms with Crippen molar-refractivity contribution in [1.29, 1.82) is 0 Å². The van der Waals surface area contributed by atoms with Gasteiger partial charge in [0.15, 0.2) is 0 Å². The van der Waals surface area contributed by atoms with Crippen molar-refractivity contribution in [3.8, 4) is 0 Å². The first-order valence-electron chi connectivity index (χ1n) is 10.4. The largest absolute Gasteiger partial charge is 0.342 e. The number of amides is 1. The normalized spacial score (nSPS) is 19.0. The second kappa shape index (κ2) is 8.57. The predicted molar refractivity (Wildman–Crippen MR) is 117 cm³/mol. The van der Waals surface area contributed by atoms with Crippen molar-refractivity contribution in [2.75, 3.05) is 18.8 Å². The molecule has 1 atom stereocenters. The molecule has 0 aliphatic heterocycles. The fourth-order valence-electron chi connectivity index (χ4n) is 3.99. The average Bonchev–Trinajstić information content (AvgIpc) is 3.39. The summed E-state index contributed by atoms with van der Waals surface area (Å²) in [5.41, 5.74) is 1.21. The van der Waals surface area contributed by atoms with Crippen molar-refractivity contribution in [3.05, 3.63) is 26.6 Å². The molecule has 0 saturated heterocycles. The number of thioether (sulfide) groups is 1. The third-order valence-corrected chi connectivity index (χ3v) is 7.78. The van der Waals surface area contributed by atoms with Crippen molar-refractivity contribution < 1.29 is 4.79 Å². The number of hydrogen-bond acceptors (Lipinski definition) is 5. The Morgan fingerprint density at radius 2 is 2.18 bits per heavy atom. The molecule has 0 aromatic carbocycles. The van der Waals surface area contributed by atoms with Gasteiger partial charge >= 0.3 is 0 Å². The van der Waals surface area contributed by atoms with Crippen LogP contribution in [0.1, 0.15) is 55.8 Å². The Kier molecular flexibility index (Phi) is 6.11. The number of nitrogens with zero attached hydrogens (tertiary/aromatic N) is 2. The number of hydrogen-bond donors (Lipinski definition) is 1. The van der Waals surface area contributed by atoms with E-state index in [0.717, 1.165) is 49.0 Å². The SMILES string of the molecule is CCCN(CC1CC1)C(=O)CSCc1nc2sc3c(c2c(=O)[nH]1)CC[C@H](C)C3. The molecule has 2 heterocycles. The highest BCUT2D eigenvalue weighted by molar-refractivity contribution is 7.99. The lowest BCUT2D eigenvalue weighted by atomic mass is 9.89. The number of fused-ring (bicyclic) bond motifs is 3. The molecule has 1 amide bonds. The highest BCUT2D eigenvalue weighted by Crippen LogP contribution is 2.35. The standard InChI is InChI=1S/C21H29N3O2S2/c1-3-8-24(10-14-5-6-14)18(25)12-27-11-17-22-20(26)19-15-7-4-13(2)9-16(15)28-21(19)23-17/h13-14H,3-12H2,1-2H3,(H,22,23,26)/t13-/m0/s1. The minimum Gasteiger partial charge on any atom is -0.342 e. The van der Waals surface area contributed by atoms with Crippen LogP contribution in [0, 0.1) is 11.8 Å². The highest BCUT2D eigenvalue weighted by Gasteiger charge is 2.26. The van der Waals surface area contributed by atoms with Gasteiger partial charge in [0.1, 0.15) is 10.7 Å². The van der Waals surface area contributed by atoms with Gasteiger partial charge < -0.3 is 9.88 Å². The molecule has 7 heteroatoms. The zero-order valence-electron chi connectivity index (χ0n) is 16.8. The summed E-state index contributed by atoms with van der Waals surface area (Å²) < 4.78 is 0. The van der Waals surface area contributed by atoms with Gasteiger partial charge in [-0.2, -0.15) is 0 Å². The Morgan fingerprint density at radius 1 is 1.36 bits per heavy atom. The summed E-state index contributed by atoms with van der Waals surface area (Å²) in [5, 5.41) is 0.801. The number of thiophene rings is 1. The molecule has 0 bridgehead atoms. The molecule has 152 valence electrons. The molecule has 1 fully saturated rings. The molecular formula is C21H29N3O2S2. The molecular weight excluding hydrogens is 390 g/mol. The fraction of sp³-hybridized carbons (Fsp3) is 0.667. The molecule has 0 radical (unpaired) electrons. The van der Waals surface area contributed by atoms with Gasteiger partial charge in [-0.05, 0) is 55.9 Å². The van der Waals surface area contributed by atoms with E-state index in [0.29, 0.717) is 29.2 Å². The van der Waals surface area contributed by atoms with Crippen molar-refractivity contribution in [3.63, 3.8) is 0 Å². The molecule has 0 spiro atoms. The van der Waals surface area contributed by atoms with E-state index in [-0.39, 0.29) is 11.5 Å². The molecule has 1 N–H and O–H groups in total. The first-order chi connectivity index (χ1) is 13.5. The summed E-state index contributed by atoms with van der Waals surface area (Å²) >= 11 is 3.23. The maximum absolute atomic E-state index is 12.7. The van der Waals surface area contributed by atoms with Crippen molar-refractivity contribution in [1.82, 2.24) is 14.9 Å². The molecule has 28 heavy (non-hydrogen) atoms. The Balaban J connectivity index is 1.41. The van der Waals surface area contributed by atoms with Crippen LogP contribution in [0.25, 0.3) is 10.2 Å². The van der Waals surface area contributed by atoms with Crippen LogP contribution in [0.3, 0.4) is 0 Å². The van der Waals surface area contributed by atoms with Crippen molar-refractivity contribution in [2.45, 2.75) is 58.1 Å². The van der Waals surface area contributed by atoms with Gasteiger partial charge in [0.25, 0.3) is 5.56 Å². The summed E-state index contributed by atoms with van der Waals surface area (Å²) in [6.07, 6.45) is 6.70. The lowest BCUT2D eigenvalue weighted by Gasteiger charge is -2.21. The third-order valence-electron chi connectivity index (χ3n) is 5.70. The quantitative estimate of drug-likeness (QED) is 0.703. The maximum atomic E-state index is 12.7. The van der Waals surface area contributed by atoms with Crippen LogP contribution in [-0.2, 0) is 23.4 Å². The first kappa shape index (κ1) is 20.0. The molecule has 4 rings (SSSR count).